The van der Waals surface area contributed by atoms with Crippen LogP contribution in [0.3, 0.4) is 0 Å². The van der Waals surface area contributed by atoms with Crippen LogP contribution in [0.15, 0.2) is 30.3 Å². The first-order valence-electron chi connectivity index (χ1n) is 8.96. The van der Waals surface area contributed by atoms with Crippen molar-refractivity contribution in [3.8, 4) is 0 Å². The number of rotatable bonds is 5. The lowest BCUT2D eigenvalue weighted by Gasteiger charge is -2.30. The molecule has 0 saturated carbocycles. The monoisotopic (exact) mass is 354 g/mol. The van der Waals surface area contributed by atoms with Crippen LogP contribution in [0.1, 0.15) is 32.6 Å². The highest BCUT2D eigenvalue weighted by molar-refractivity contribution is 5.95. The van der Waals surface area contributed by atoms with E-state index in [-0.39, 0.29) is 0 Å². The van der Waals surface area contributed by atoms with Crippen LogP contribution in [-0.4, -0.2) is 37.4 Å². The molecule has 1 heterocycles. The van der Waals surface area contributed by atoms with Crippen molar-refractivity contribution in [2.45, 2.75) is 27.3 Å². The van der Waals surface area contributed by atoms with Crippen molar-refractivity contribution in [1.29, 1.82) is 0 Å². The van der Waals surface area contributed by atoms with E-state index in [0.29, 0.717) is 25.3 Å². The molecule has 3 rings (SSSR count). The van der Waals surface area contributed by atoms with Crippen LogP contribution < -0.4 is 10.2 Å². The number of carboxylic acids is 1. The third kappa shape index (κ3) is 3.99. The highest BCUT2D eigenvalue weighted by atomic mass is 16.5. The summed E-state index contributed by atoms with van der Waals surface area (Å²) in [5, 5.41) is 13.0. The Morgan fingerprint density at radius 1 is 1.12 bits per heavy atom. The van der Waals surface area contributed by atoms with Crippen LogP contribution in [-0.2, 0) is 11.3 Å². The normalized spacial score (nSPS) is 14.3. The Labute approximate surface area is 154 Å². The molecule has 1 aliphatic rings. The van der Waals surface area contributed by atoms with Crippen molar-refractivity contribution >= 4 is 17.3 Å². The van der Waals surface area contributed by atoms with Gasteiger partial charge < -0.3 is 20.1 Å². The van der Waals surface area contributed by atoms with Gasteiger partial charge in [-0.25, -0.2) is 4.79 Å². The molecule has 1 aliphatic heterocycles. The number of aryl methyl sites for hydroxylation is 3. The number of nitrogens with zero attached hydrogens (tertiary/aromatic N) is 1. The molecule has 0 spiro atoms. The quantitative estimate of drug-likeness (QED) is 0.856. The number of aromatic carboxylic acids is 1. The summed E-state index contributed by atoms with van der Waals surface area (Å²) >= 11 is 0. The number of hydrogen-bond acceptors (Lipinski definition) is 4. The highest BCUT2D eigenvalue weighted by Gasteiger charge is 2.19. The van der Waals surface area contributed by atoms with Crippen LogP contribution in [0.2, 0.25) is 0 Å². The number of ether oxygens (including phenoxy) is 1. The zero-order chi connectivity index (χ0) is 18.7. The zero-order valence-corrected chi connectivity index (χ0v) is 15.6. The summed E-state index contributed by atoms with van der Waals surface area (Å²) in [6.07, 6.45) is 0. The number of carbonyl (C=O) groups is 1. The predicted octanol–water partition coefficient (Wildman–Crippen LogP) is 3.76. The Bertz CT molecular complexity index is 788. The third-order valence-corrected chi connectivity index (χ3v) is 4.89. The fourth-order valence-electron chi connectivity index (χ4n) is 3.58. The largest absolute Gasteiger partial charge is 0.478 e. The lowest BCUT2D eigenvalue weighted by molar-refractivity contribution is 0.0696. The number of carboxylic acid groups (broad SMARTS) is 1. The zero-order valence-electron chi connectivity index (χ0n) is 15.6. The first-order chi connectivity index (χ1) is 12.5. The van der Waals surface area contributed by atoms with Crippen molar-refractivity contribution in [2.24, 2.45) is 0 Å². The Hall–Kier alpha value is -2.53. The number of hydrogen-bond donors (Lipinski definition) is 2. The maximum Gasteiger partial charge on any atom is 0.337 e. The van der Waals surface area contributed by atoms with Gasteiger partial charge in [-0.15, -0.1) is 0 Å². The van der Waals surface area contributed by atoms with Gasteiger partial charge in [0.25, 0.3) is 0 Å². The van der Waals surface area contributed by atoms with Crippen LogP contribution in [0.25, 0.3) is 0 Å². The Balaban J connectivity index is 1.81. The third-order valence-electron chi connectivity index (χ3n) is 4.89. The molecule has 0 radical (unpaired) electrons. The van der Waals surface area contributed by atoms with E-state index < -0.39 is 5.97 Å². The summed E-state index contributed by atoms with van der Waals surface area (Å²) in [5.41, 5.74) is 6.91. The summed E-state index contributed by atoms with van der Waals surface area (Å²) in [6.45, 7) is 9.69. The SMILES string of the molecule is Cc1cc(C)c(CNc2ccc(N3CCOCC3)c(C(=O)O)c2)c(C)c1. The topological polar surface area (TPSA) is 61.8 Å². The number of benzene rings is 2. The molecule has 2 aromatic carbocycles. The van der Waals surface area contributed by atoms with Gasteiger partial charge in [-0.2, -0.15) is 0 Å². The van der Waals surface area contributed by atoms with E-state index in [0.717, 1.165) is 24.5 Å². The molecule has 0 aromatic heterocycles. The van der Waals surface area contributed by atoms with E-state index in [9.17, 15) is 9.90 Å². The second-order valence-corrected chi connectivity index (χ2v) is 6.87. The Kier molecular flexibility index (Phi) is 5.47. The second kappa shape index (κ2) is 7.79. The molecule has 2 N–H and O–H groups in total. The molecular formula is C21H26N2O3. The van der Waals surface area contributed by atoms with Crippen LogP contribution in [0, 0.1) is 20.8 Å². The predicted molar refractivity (Wildman–Crippen MR) is 104 cm³/mol. The van der Waals surface area contributed by atoms with E-state index in [1.807, 2.05) is 12.1 Å². The van der Waals surface area contributed by atoms with E-state index in [1.165, 1.54) is 22.3 Å². The first-order valence-corrected chi connectivity index (χ1v) is 8.96. The van der Waals surface area contributed by atoms with Crippen molar-refractivity contribution in [2.75, 3.05) is 36.5 Å². The lowest BCUT2D eigenvalue weighted by Crippen LogP contribution is -2.37. The summed E-state index contributed by atoms with van der Waals surface area (Å²) in [6, 6.07) is 9.93. The highest BCUT2D eigenvalue weighted by Crippen LogP contribution is 2.26. The minimum Gasteiger partial charge on any atom is -0.478 e. The fraction of sp³-hybridized carbons (Fsp3) is 0.381. The summed E-state index contributed by atoms with van der Waals surface area (Å²) in [7, 11) is 0. The maximum atomic E-state index is 11.8. The average molecular weight is 354 g/mol. The van der Waals surface area contributed by atoms with Crippen LogP contribution in [0.5, 0.6) is 0 Å². The van der Waals surface area contributed by atoms with Gasteiger partial charge in [0.05, 0.1) is 24.5 Å². The molecule has 0 bridgehead atoms. The van der Waals surface area contributed by atoms with Gasteiger partial charge in [-0.05, 0) is 55.7 Å². The van der Waals surface area contributed by atoms with Crippen molar-refractivity contribution in [3.05, 3.63) is 58.1 Å². The molecule has 5 nitrogen and oxygen atoms in total. The van der Waals surface area contributed by atoms with Crippen molar-refractivity contribution in [3.63, 3.8) is 0 Å². The molecule has 0 amide bonds. The molecule has 138 valence electrons. The lowest BCUT2D eigenvalue weighted by atomic mass is 9.99. The average Bonchev–Trinajstić information content (AvgIpc) is 2.61. The number of nitrogens with one attached hydrogen (secondary N) is 1. The van der Waals surface area contributed by atoms with Gasteiger partial charge >= 0.3 is 5.97 Å². The second-order valence-electron chi connectivity index (χ2n) is 6.87. The molecule has 26 heavy (non-hydrogen) atoms. The van der Waals surface area contributed by atoms with Crippen molar-refractivity contribution in [1.82, 2.24) is 0 Å². The molecule has 1 saturated heterocycles. The van der Waals surface area contributed by atoms with Crippen molar-refractivity contribution < 1.29 is 14.6 Å². The molecule has 2 aromatic rings. The molecular weight excluding hydrogens is 328 g/mol. The first kappa shape index (κ1) is 18.3. The Morgan fingerprint density at radius 2 is 1.77 bits per heavy atom. The number of morpholine rings is 1. The van der Waals surface area contributed by atoms with E-state index in [1.54, 1.807) is 6.07 Å². The Morgan fingerprint density at radius 3 is 2.38 bits per heavy atom. The summed E-state index contributed by atoms with van der Waals surface area (Å²) < 4.78 is 5.36. The van der Waals surface area contributed by atoms with Gasteiger partial charge in [0.15, 0.2) is 0 Å². The van der Waals surface area contributed by atoms with Crippen LogP contribution >= 0.6 is 0 Å². The van der Waals surface area contributed by atoms with Gasteiger partial charge in [0, 0.05) is 25.3 Å². The van der Waals surface area contributed by atoms with E-state index >= 15 is 0 Å². The van der Waals surface area contributed by atoms with Crippen LogP contribution in [0.4, 0.5) is 11.4 Å². The number of anilines is 2. The minimum atomic E-state index is -0.905. The standard InChI is InChI=1S/C21H26N2O3/c1-14-10-15(2)19(16(3)11-14)13-22-17-4-5-20(18(12-17)21(24)25)23-6-8-26-9-7-23/h4-5,10-12,22H,6-9,13H2,1-3H3,(H,24,25). The molecule has 1 fully saturated rings. The molecule has 0 unspecified atom stereocenters. The van der Waals surface area contributed by atoms with E-state index in [4.69, 9.17) is 4.74 Å². The molecule has 5 heteroatoms. The van der Waals surface area contributed by atoms with Gasteiger partial charge in [0.2, 0.25) is 0 Å². The van der Waals surface area contributed by atoms with E-state index in [2.05, 4.69) is 43.1 Å². The molecule has 0 atom stereocenters. The summed E-state index contributed by atoms with van der Waals surface area (Å²) in [5.74, 6) is -0.905. The maximum absolute atomic E-state index is 11.8. The minimum absolute atomic E-state index is 0.328. The smallest absolute Gasteiger partial charge is 0.337 e. The molecule has 0 aliphatic carbocycles. The van der Waals surface area contributed by atoms with Gasteiger partial charge in [-0.1, -0.05) is 17.7 Å². The van der Waals surface area contributed by atoms with Gasteiger partial charge in [-0.3, -0.25) is 0 Å². The summed E-state index contributed by atoms with van der Waals surface area (Å²) in [4.78, 5) is 13.8. The fourth-order valence-corrected chi connectivity index (χ4v) is 3.58. The van der Waals surface area contributed by atoms with Gasteiger partial charge in [0.1, 0.15) is 0 Å².